The van der Waals surface area contributed by atoms with E-state index in [1.165, 1.54) is 0 Å². The summed E-state index contributed by atoms with van der Waals surface area (Å²) in [6.07, 6.45) is 3.56. The third-order valence-corrected chi connectivity index (χ3v) is 6.56. The molecule has 1 aromatic heterocycles. The standard InChI is InChI=1S/C20H26N6O2/c27-18-7-3-6-16-13-10-14(12-21-11-13)19(26(16)18)20(28)22-8-9-25-17-5-2-1-4-15(17)23-24-25/h1-2,4-5,13-14,16,19,21H,3,6-12H2,(H,22,28)/t13-,14+,16+,19-/m1/s1. The zero-order valence-corrected chi connectivity index (χ0v) is 15.9. The summed E-state index contributed by atoms with van der Waals surface area (Å²) < 4.78 is 1.81. The van der Waals surface area contributed by atoms with Crippen LogP contribution in [-0.4, -0.2) is 63.4 Å². The summed E-state index contributed by atoms with van der Waals surface area (Å²) in [4.78, 5) is 27.7. The van der Waals surface area contributed by atoms with Crippen LogP contribution in [0.25, 0.3) is 11.0 Å². The van der Waals surface area contributed by atoms with Crippen molar-refractivity contribution in [3.8, 4) is 0 Å². The van der Waals surface area contributed by atoms with Crippen molar-refractivity contribution in [2.45, 2.75) is 44.3 Å². The normalized spacial score (nSPS) is 29.6. The fourth-order valence-electron chi connectivity index (χ4n) is 5.32. The molecule has 148 valence electrons. The van der Waals surface area contributed by atoms with Crippen LogP contribution in [0.3, 0.4) is 0 Å². The van der Waals surface area contributed by atoms with E-state index in [1.807, 2.05) is 33.8 Å². The lowest BCUT2D eigenvalue weighted by Gasteiger charge is -2.53. The van der Waals surface area contributed by atoms with Gasteiger partial charge in [0.05, 0.1) is 12.1 Å². The molecule has 2 amide bonds. The molecule has 2 bridgehead atoms. The van der Waals surface area contributed by atoms with Gasteiger partial charge in [-0.1, -0.05) is 17.3 Å². The summed E-state index contributed by atoms with van der Waals surface area (Å²) in [6.45, 7) is 2.79. The van der Waals surface area contributed by atoms with Crippen molar-refractivity contribution in [3.05, 3.63) is 24.3 Å². The summed E-state index contributed by atoms with van der Waals surface area (Å²) in [5, 5.41) is 14.9. The van der Waals surface area contributed by atoms with Gasteiger partial charge in [-0.15, -0.1) is 5.10 Å². The van der Waals surface area contributed by atoms with E-state index in [1.54, 1.807) is 0 Å². The van der Waals surface area contributed by atoms with E-state index in [9.17, 15) is 9.59 Å². The highest BCUT2D eigenvalue weighted by atomic mass is 16.2. The molecule has 3 saturated heterocycles. The van der Waals surface area contributed by atoms with E-state index in [4.69, 9.17) is 0 Å². The van der Waals surface area contributed by atoms with Crippen LogP contribution in [-0.2, 0) is 16.1 Å². The van der Waals surface area contributed by atoms with E-state index in [0.29, 0.717) is 25.4 Å². The first-order valence-corrected chi connectivity index (χ1v) is 10.3. The minimum atomic E-state index is -0.352. The number of hydrogen-bond donors (Lipinski definition) is 2. The lowest BCUT2D eigenvalue weighted by molar-refractivity contribution is -0.157. The summed E-state index contributed by atoms with van der Waals surface area (Å²) in [5.74, 6) is 0.796. The minimum Gasteiger partial charge on any atom is -0.352 e. The molecule has 0 saturated carbocycles. The minimum absolute atomic E-state index is 0.0307. The maximum Gasteiger partial charge on any atom is 0.243 e. The predicted molar refractivity (Wildman–Crippen MR) is 103 cm³/mol. The van der Waals surface area contributed by atoms with Crippen LogP contribution in [0.4, 0.5) is 0 Å². The van der Waals surface area contributed by atoms with Gasteiger partial charge in [-0.2, -0.15) is 0 Å². The monoisotopic (exact) mass is 382 g/mol. The highest BCUT2D eigenvalue weighted by molar-refractivity contribution is 5.89. The zero-order chi connectivity index (χ0) is 19.1. The molecule has 0 unspecified atom stereocenters. The number of fused-ring (bicyclic) bond motifs is 5. The van der Waals surface area contributed by atoms with E-state index in [-0.39, 0.29) is 29.8 Å². The molecule has 2 N–H and O–H groups in total. The molecule has 0 aliphatic carbocycles. The number of carbonyl (C=O) groups is 2. The van der Waals surface area contributed by atoms with Crippen LogP contribution in [0, 0.1) is 11.8 Å². The average Bonchev–Trinajstić information content (AvgIpc) is 3.12. The third kappa shape index (κ3) is 2.96. The van der Waals surface area contributed by atoms with E-state index < -0.39 is 0 Å². The van der Waals surface area contributed by atoms with Crippen molar-refractivity contribution >= 4 is 22.8 Å². The second-order valence-corrected chi connectivity index (χ2v) is 8.21. The molecule has 0 radical (unpaired) electrons. The lowest BCUT2D eigenvalue weighted by Crippen LogP contribution is -2.68. The average molecular weight is 382 g/mol. The molecular formula is C20H26N6O2. The molecule has 5 rings (SSSR count). The van der Waals surface area contributed by atoms with Crippen molar-refractivity contribution in [2.75, 3.05) is 19.6 Å². The number of rotatable bonds is 4. The van der Waals surface area contributed by atoms with Gasteiger partial charge in [-0.3, -0.25) is 9.59 Å². The van der Waals surface area contributed by atoms with Crippen LogP contribution in [0.2, 0.25) is 0 Å². The van der Waals surface area contributed by atoms with Gasteiger partial charge in [0.15, 0.2) is 0 Å². The number of amides is 2. The second kappa shape index (κ2) is 7.16. The first kappa shape index (κ1) is 17.6. The summed E-state index contributed by atoms with van der Waals surface area (Å²) in [5.41, 5.74) is 1.81. The maximum atomic E-state index is 13.1. The van der Waals surface area contributed by atoms with Gasteiger partial charge >= 0.3 is 0 Å². The van der Waals surface area contributed by atoms with Crippen molar-refractivity contribution in [1.82, 2.24) is 30.5 Å². The van der Waals surface area contributed by atoms with Crippen LogP contribution in [0.15, 0.2) is 24.3 Å². The Morgan fingerprint density at radius 3 is 3.04 bits per heavy atom. The summed E-state index contributed by atoms with van der Waals surface area (Å²) >= 11 is 0. The zero-order valence-electron chi connectivity index (χ0n) is 15.9. The molecule has 3 fully saturated rings. The molecule has 2 aromatic rings. The fraction of sp³-hybridized carbons (Fsp3) is 0.600. The van der Waals surface area contributed by atoms with Gasteiger partial charge in [0, 0.05) is 31.5 Å². The first-order chi connectivity index (χ1) is 13.7. The number of nitrogens with one attached hydrogen (secondary N) is 2. The van der Waals surface area contributed by atoms with Crippen molar-refractivity contribution in [3.63, 3.8) is 0 Å². The van der Waals surface area contributed by atoms with E-state index >= 15 is 0 Å². The number of piperidine rings is 3. The molecule has 4 atom stereocenters. The molecule has 4 heterocycles. The number of benzene rings is 1. The molecule has 0 spiro atoms. The number of para-hydroxylation sites is 1. The summed E-state index contributed by atoms with van der Waals surface area (Å²) in [6, 6.07) is 7.65. The largest absolute Gasteiger partial charge is 0.352 e. The van der Waals surface area contributed by atoms with E-state index in [2.05, 4.69) is 20.9 Å². The Morgan fingerprint density at radius 2 is 2.11 bits per heavy atom. The molecule has 3 aliphatic rings. The molecule has 8 nitrogen and oxygen atoms in total. The smallest absolute Gasteiger partial charge is 0.243 e. The third-order valence-electron chi connectivity index (χ3n) is 6.56. The van der Waals surface area contributed by atoms with E-state index in [0.717, 1.165) is 43.4 Å². The maximum absolute atomic E-state index is 13.1. The number of nitrogens with zero attached hydrogens (tertiary/aromatic N) is 4. The predicted octanol–water partition coefficient (Wildman–Crippen LogP) is 0.537. The molecule has 3 aliphatic heterocycles. The first-order valence-electron chi connectivity index (χ1n) is 10.3. The van der Waals surface area contributed by atoms with Crippen LogP contribution < -0.4 is 10.6 Å². The van der Waals surface area contributed by atoms with Gasteiger partial charge in [0.2, 0.25) is 11.8 Å². The van der Waals surface area contributed by atoms with Crippen LogP contribution in [0.5, 0.6) is 0 Å². The highest BCUT2D eigenvalue weighted by Gasteiger charge is 2.50. The molecule has 1 aromatic carbocycles. The lowest BCUT2D eigenvalue weighted by atomic mass is 9.72. The van der Waals surface area contributed by atoms with Crippen molar-refractivity contribution < 1.29 is 9.59 Å². The number of hydrogen-bond acceptors (Lipinski definition) is 5. The topological polar surface area (TPSA) is 92.1 Å². The number of carbonyl (C=O) groups excluding carboxylic acids is 2. The van der Waals surface area contributed by atoms with Crippen LogP contribution >= 0.6 is 0 Å². The fourth-order valence-corrected chi connectivity index (χ4v) is 5.32. The Kier molecular flexibility index (Phi) is 4.50. The van der Waals surface area contributed by atoms with Crippen molar-refractivity contribution in [2.24, 2.45) is 11.8 Å². The Morgan fingerprint density at radius 1 is 1.25 bits per heavy atom. The van der Waals surface area contributed by atoms with Crippen molar-refractivity contribution in [1.29, 1.82) is 0 Å². The Labute approximate surface area is 163 Å². The Hall–Kier alpha value is -2.48. The molecule has 8 heteroatoms. The quantitative estimate of drug-likeness (QED) is 0.805. The second-order valence-electron chi connectivity index (χ2n) is 8.21. The Bertz CT molecular complexity index is 896. The Balaban J connectivity index is 1.29. The van der Waals surface area contributed by atoms with Gasteiger partial charge in [0.1, 0.15) is 11.6 Å². The summed E-state index contributed by atoms with van der Waals surface area (Å²) in [7, 11) is 0. The van der Waals surface area contributed by atoms with Crippen LogP contribution in [0.1, 0.15) is 25.7 Å². The van der Waals surface area contributed by atoms with Gasteiger partial charge < -0.3 is 15.5 Å². The number of aromatic nitrogens is 3. The van der Waals surface area contributed by atoms with Gasteiger partial charge in [-0.25, -0.2) is 4.68 Å². The molecule has 28 heavy (non-hydrogen) atoms. The van der Waals surface area contributed by atoms with Gasteiger partial charge in [0.25, 0.3) is 0 Å². The SMILES string of the molecule is O=C(NCCn1nnc2ccccc21)[C@H]1[C@@H]2CNC[C@@H](C2)[C@@H]2CCCC(=O)N21. The molecular weight excluding hydrogens is 356 g/mol. The van der Waals surface area contributed by atoms with Gasteiger partial charge in [-0.05, 0) is 43.9 Å². The highest BCUT2D eigenvalue weighted by Crippen LogP contribution is 2.39.